The highest BCUT2D eigenvalue weighted by Crippen LogP contribution is 2.17. The minimum absolute atomic E-state index is 0. The average Bonchev–Trinajstić information content (AvgIpc) is 2.15. The van der Waals surface area contributed by atoms with E-state index in [0.717, 1.165) is 10.9 Å². The van der Waals surface area contributed by atoms with Gasteiger partial charge in [-0.15, -0.1) is 0 Å². The summed E-state index contributed by atoms with van der Waals surface area (Å²) in [5.41, 5.74) is 13.2. The third-order valence-corrected chi connectivity index (χ3v) is 2.27. The number of hydrogen-bond acceptors (Lipinski definition) is 2. The Bertz CT molecular complexity index is 468. The van der Waals surface area contributed by atoms with Gasteiger partial charge in [-0.2, -0.15) is 0 Å². The van der Waals surface area contributed by atoms with Gasteiger partial charge in [0.1, 0.15) is 11.2 Å². The van der Waals surface area contributed by atoms with Crippen molar-refractivity contribution in [1.29, 1.82) is 0 Å². The summed E-state index contributed by atoms with van der Waals surface area (Å²) >= 11 is 0. The molecule has 0 saturated carbocycles. The van der Waals surface area contributed by atoms with Gasteiger partial charge >= 0.3 is 0 Å². The predicted octanol–water partition coefficient (Wildman–Crippen LogP) is -2.17. The lowest BCUT2D eigenvalue weighted by atomic mass is 10.2. The molecular formula is C10H12IN3. The van der Waals surface area contributed by atoms with Gasteiger partial charge in [0, 0.05) is 5.39 Å². The zero-order valence-corrected chi connectivity index (χ0v) is 10.0. The van der Waals surface area contributed by atoms with E-state index in [1.165, 1.54) is 0 Å². The zero-order valence-electron chi connectivity index (χ0n) is 7.87. The summed E-state index contributed by atoms with van der Waals surface area (Å²) in [5.74, 6) is 0.610. The van der Waals surface area contributed by atoms with Crippen molar-refractivity contribution in [2.45, 2.75) is 0 Å². The van der Waals surface area contributed by atoms with Crippen LogP contribution >= 0.6 is 0 Å². The van der Waals surface area contributed by atoms with Crippen LogP contribution < -0.4 is 40.0 Å². The number of halogens is 1. The van der Waals surface area contributed by atoms with Crippen LogP contribution in [0.15, 0.2) is 30.3 Å². The molecule has 2 rings (SSSR count). The quantitative estimate of drug-likeness (QED) is 0.430. The lowest BCUT2D eigenvalue weighted by Crippen LogP contribution is -3.00. The van der Waals surface area contributed by atoms with E-state index in [9.17, 15) is 0 Å². The number of nitrogens with two attached hydrogens (primary N) is 2. The monoisotopic (exact) mass is 301 g/mol. The molecule has 2 aromatic rings. The fraction of sp³-hybridized carbons (Fsp3) is 0.100. The van der Waals surface area contributed by atoms with Crippen LogP contribution in [0.1, 0.15) is 0 Å². The summed E-state index contributed by atoms with van der Waals surface area (Å²) in [6.45, 7) is 0. The Morgan fingerprint density at radius 2 is 1.79 bits per heavy atom. The first-order valence-corrected chi connectivity index (χ1v) is 4.13. The minimum atomic E-state index is 0. The van der Waals surface area contributed by atoms with Crippen molar-refractivity contribution < 1.29 is 28.5 Å². The number of para-hydroxylation sites is 1. The average molecular weight is 301 g/mol. The number of nitrogen functional groups attached to an aromatic ring is 2. The summed E-state index contributed by atoms with van der Waals surface area (Å²) in [6, 6.07) is 9.90. The molecule has 74 valence electrons. The van der Waals surface area contributed by atoms with E-state index in [4.69, 9.17) is 11.5 Å². The lowest BCUT2D eigenvalue weighted by Gasteiger charge is -2.03. The van der Waals surface area contributed by atoms with Crippen molar-refractivity contribution in [1.82, 2.24) is 0 Å². The number of benzene rings is 1. The topological polar surface area (TPSA) is 55.9 Å². The molecule has 0 unspecified atom stereocenters. The van der Waals surface area contributed by atoms with E-state index in [1.807, 2.05) is 41.9 Å². The standard InChI is InChI=1S/C10H11N3.HI/c1-13-9-5-3-2-4-7(9)6-8(11)10(13)12;/h2-6,12H,11H2,1H3;1H. The summed E-state index contributed by atoms with van der Waals surface area (Å²) in [7, 11) is 1.91. The Morgan fingerprint density at radius 3 is 2.50 bits per heavy atom. The van der Waals surface area contributed by atoms with Crippen molar-refractivity contribution in [3.63, 3.8) is 0 Å². The van der Waals surface area contributed by atoms with Gasteiger partial charge in [-0.3, -0.25) is 5.73 Å². The van der Waals surface area contributed by atoms with Crippen LogP contribution in [-0.4, -0.2) is 0 Å². The second-order valence-electron chi connectivity index (χ2n) is 3.10. The van der Waals surface area contributed by atoms with Gasteiger partial charge in [-0.1, -0.05) is 18.2 Å². The first kappa shape index (κ1) is 11.0. The van der Waals surface area contributed by atoms with E-state index < -0.39 is 0 Å². The molecule has 4 heteroatoms. The summed E-state index contributed by atoms with van der Waals surface area (Å²) in [4.78, 5) is 0. The number of pyridine rings is 1. The van der Waals surface area contributed by atoms with Gasteiger partial charge in [0.25, 0.3) is 5.82 Å². The van der Waals surface area contributed by atoms with Crippen LogP contribution in [-0.2, 0) is 7.05 Å². The van der Waals surface area contributed by atoms with Gasteiger partial charge in [-0.25, -0.2) is 4.57 Å². The van der Waals surface area contributed by atoms with Crippen molar-refractivity contribution >= 4 is 22.4 Å². The molecule has 0 bridgehead atoms. The normalized spacial score (nSPS) is 9.79. The molecule has 0 atom stereocenters. The SMILES string of the molecule is C[n+]1c(N)c(N)cc2ccccc21.[I-]. The van der Waals surface area contributed by atoms with Gasteiger partial charge in [-0.05, 0) is 12.1 Å². The van der Waals surface area contributed by atoms with Crippen LogP contribution in [0.3, 0.4) is 0 Å². The maximum atomic E-state index is 5.79. The number of aromatic nitrogens is 1. The molecule has 0 spiro atoms. The number of aryl methyl sites for hydroxylation is 1. The number of rotatable bonds is 0. The Morgan fingerprint density at radius 1 is 1.14 bits per heavy atom. The zero-order chi connectivity index (χ0) is 9.42. The smallest absolute Gasteiger partial charge is 0.296 e. The van der Waals surface area contributed by atoms with Gasteiger partial charge in [0.15, 0.2) is 0 Å². The van der Waals surface area contributed by atoms with Crippen LogP contribution in [0.4, 0.5) is 11.5 Å². The summed E-state index contributed by atoms with van der Waals surface area (Å²) < 4.78 is 1.89. The van der Waals surface area contributed by atoms with Crippen molar-refractivity contribution in [3.05, 3.63) is 30.3 Å². The molecule has 1 aromatic carbocycles. The van der Waals surface area contributed by atoms with E-state index >= 15 is 0 Å². The highest BCUT2D eigenvalue weighted by Gasteiger charge is 2.09. The second kappa shape index (κ2) is 4.00. The van der Waals surface area contributed by atoms with E-state index in [0.29, 0.717) is 11.5 Å². The molecule has 4 N–H and O–H groups in total. The van der Waals surface area contributed by atoms with E-state index in [1.54, 1.807) is 0 Å². The van der Waals surface area contributed by atoms with Crippen LogP contribution in [0.5, 0.6) is 0 Å². The van der Waals surface area contributed by atoms with E-state index in [-0.39, 0.29) is 24.0 Å². The minimum Gasteiger partial charge on any atom is -1.00 e. The lowest BCUT2D eigenvalue weighted by molar-refractivity contribution is -0.629. The van der Waals surface area contributed by atoms with Crippen LogP contribution in [0.2, 0.25) is 0 Å². The van der Waals surface area contributed by atoms with Crippen molar-refractivity contribution in [3.8, 4) is 0 Å². The molecule has 1 heterocycles. The van der Waals surface area contributed by atoms with Gasteiger partial charge in [0.2, 0.25) is 0 Å². The number of fused-ring (bicyclic) bond motifs is 1. The third-order valence-electron chi connectivity index (χ3n) is 2.27. The largest absolute Gasteiger partial charge is 1.00 e. The molecular weight excluding hydrogens is 289 g/mol. The number of hydrogen-bond donors (Lipinski definition) is 2. The number of anilines is 2. The molecule has 0 radical (unpaired) electrons. The highest BCUT2D eigenvalue weighted by molar-refractivity contribution is 5.81. The van der Waals surface area contributed by atoms with Crippen LogP contribution in [0.25, 0.3) is 10.9 Å². The molecule has 3 nitrogen and oxygen atoms in total. The summed E-state index contributed by atoms with van der Waals surface area (Å²) in [6.07, 6.45) is 0. The predicted molar refractivity (Wildman–Crippen MR) is 53.9 cm³/mol. The Hall–Kier alpha value is -1.04. The van der Waals surface area contributed by atoms with Crippen molar-refractivity contribution in [2.75, 3.05) is 11.5 Å². The molecule has 1 aromatic heterocycles. The fourth-order valence-electron chi connectivity index (χ4n) is 1.48. The highest BCUT2D eigenvalue weighted by atomic mass is 127. The van der Waals surface area contributed by atoms with Gasteiger partial charge in [0.05, 0.1) is 7.05 Å². The Balaban J connectivity index is 0.000000980. The fourth-order valence-corrected chi connectivity index (χ4v) is 1.48. The molecule has 0 aliphatic rings. The maximum Gasteiger partial charge on any atom is 0.296 e. The summed E-state index contributed by atoms with van der Waals surface area (Å²) in [5, 5.41) is 1.11. The first-order chi connectivity index (χ1) is 6.20. The first-order valence-electron chi connectivity index (χ1n) is 4.13. The molecule has 0 fully saturated rings. The van der Waals surface area contributed by atoms with Gasteiger partial charge < -0.3 is 29.7 Å². The Labute approximate surface area is 99.7 Å². The molecule has 0 saturated heterocycles. The van der Waals surface area contributed by atoms with Crippen LogP contribution in [0, 0.1) is 0 Å². The Kier molecular flexibility index (Phi) is 3.15. The third kappa shape index (κ3) is 1.61. The van der Waals surface area contributed by atoms with E-state index in [2.05, 4.69) is 0 Å². The number of nitrogens with zero attached hydrogens (tertiary/aromatic N) is 1. The molecule has 0 aliphatic heterocycles. The molecule has 0 aliphatic carbocycles. The second-order valence-corrected chi connectivity index (χ2v) is 3.10. The molecule has 14 heavy (non-hydrogen) atoms. The maximum absolute atomic E-state index is 5.79. The molecule has 0 amide bonds. The van der Waals surface area contributed by atoms with Crippen molar-refractivity contribution in [2.24, 2.45) is 7.05 Å².